The molecule has 1 heterocycles. The topological polar surface area (TPSA) is 106 Å². The quantitative estimate of drug-likeness (QED) is 0.254. The normalized spacial score (nSPS) is 13.2. The molecular weight excluding hydrogens is 508 g/mol. The Balaban J connectivity index is 1.39. The van der Waals surface area contributed by atoms with Crippen LogP contribution in [0.3, 0.4) is 0 Å². The summed E-state index contributed by atoms with van der Waals surface area (Å²) in [5.41, 5.74) is 2.36. The molecule has 0 saturated carbocycles. The molecule has 0 aliphatic heterocycles. The smallest absolute Gasteiger partial charge is 0.266 e. The zero-order chi connectivity index (χ0) is 26.2. The monoisotopic (exact) mass is 534 g/mol. The van der Waals surface area contributed by atoms with Crippen molar-refractivity contribution >= 4 is 41.6 Å². The first-order chi connectivity index (χ1) is 17.7. The highest BCUT2D eigenvalue weighted by molar-refractivity contribution is 7.91. The number of aromatic nitrogens is 2. The zero-order valence-corrected chi connectivity index (χ0v) is 22.0. The number of aryl methyl sites for hydroxylation is 1. The van der Waals surface area contributed by atoms with Gasteiger partial charge in [-0.1, -0.05) is 67.1 Å². The lowest BCUT2D eigenvalue weighted by atomic mass is 9.97. The number of benzene rings is 4. The van der Waals surface area contributed by atoms with Crippen molar-refractivity contribution in [3.05, 3.63) is 96.1 Å². The first-order valence-electron chi connectivity index (χ1n) is 11.8. The Bertz CT molecular complexity index is 1800. The number of rotatable bonds is 8. The average molecular weight is 535 g/mol. The van der Waals surface area contributed by atoms with Crippen molar-refractivity contribution in [2.45, 2.75) is 41.0 Å². The fourth-order valence-corrected chi connectivity index (χ4v) is 6.82. The van der Waals surface area contributed by atoms with E-state index in [4.69, 9.17) is 4.18 Å². The molecule has 5 aromatic rings. The molecule has 1 N–H and O–H groups in total. The van der Waals surface area contributed by atoms with Gasteiger partial charge in [0, 0.05) is 10.8 Å². The number of aromatic amines is 1. The van der Waals surface area contributed by atoms with Crippen LogP contribution in [-0.2, 0) is 24.1 Å². The Morgan fingerprint density at radius 3 is 2.38 bits per heavy atom. The molecule has 37 heavy (non-hydrogen) atoms. The molecule has 1 unspecified atom stereocenters. The molecule has 1 atom stereocenters. The van der Waals surface area contributed by atoms with Gasteiger partial charge < -0.3 is 0 Å². The fourth-order valence-electron chi connectivity index (χ4n) is 4.33. The molecule has 190 valence electrons. The van der Waals surface area contributed by atoms with Crippen LogP contribution >= 0.6 is 0 Å². The summed E-state index contributed by atoms with van der Waals surface area (Å²) in [4.78, 5) is 0.332. The summed E-state index contributed by atoms with van der Waals surface area (Å²) >= 11 is 0. The fraction of sp³-hybridized carbons (Fsp3) is 0.179. The third kappa shape index (κ3) is 4.90. The largest absolute Gasteiger partial charge is 0.296 e. The number of hydrogen-bond donors (Lipinski definition) is 1. The number of hydrogen-bond acceptors (Lipinski definition) is 6. The minimum absolute atomic E-state index is 0.00195. The van der Waals surface area contributed by atoms with Crippen LogP contribution in [-0.4, -0.2) is 33.6 Å². The maximum atomic E-state index is 13.7. The third-order valence-electron chi connectivity index (χ3n) is 6.52. The number of nitrogens with zero attached hydrogens (tertiary/aromatic N) is 1. The van der Waals surface area contributed by atoms with E-state index in [0.717, 1.165) is 16.5 Å². The second kappa shape index (κ2) is 9.74. The summed E-state index contributed by atoms with van der Waals surface area (Å²) in [5.74, 6) is -0.0828. The second-order valence-corrected chi connectivity index (χ2v) is 12.6. The molecule has 0 aliphatic carbocycles. The van der Waals surface area contributed by atoms with Gasteiger partial charge in [0.25, 0.3) is 10.1 Å². The van der Waals surface area contributed by atoms with Crippen molar-refractivity contribution in [1.82, 2.24) is 10.2 Å². The Morgan fingerprint density at radius 2 is 1.59 bits per heavy atom. The van der Waals surface area contributed by atoms with Gasteiger partial charge in [0.1, 0.15) is 0 Å². The Labute approximate surface area is 216 Å². The van der Waals surface area contributed by atoms with Crippen molar-refractivity contribution in [2.75, 3.05) is 6.61 Å². The van der Waals surface area contributed by atoms with Crippen molar-refractivity contribution in [1.29, 1.82) is 0 Å². The molecule has 4 aromatic carbocycles. The summed E-state index contributed by atoms with van der Waals surface area (Å²) < 4.78 is 57.6. The molecule has 0 fully saturated rings. The van der Waals surface area contributed by atoms with E-state index in [1.54, 1.807) is 42.5 Å². The first-order valence-corrected chi connectivity index (χ1v) is 14.7. The van der Waals surface area contributed by atoms with Gasteiger partial charge in [-0.3, -0.25) is 9.28 Å². The SMILES string of the molecule is Cc1ccc(S(=O)(=O)OCCC(C)c2ccc3n[nH]c(S(=O)(=O)c4cccc5ccccc45)c3c2)cc1. The second-order valence-electron chi connectivity index (χ2n) is 9.09. The summed E-state index contributed by atoms with van der Waals surface area (Å²) in [7, 11) is -7.73. The Morgan fingerprint density at radius 1 is 0.865 bits per heavy atom. The predicted molar refractivity (Wildman–Crippen MR) is 143 cm³/mol. The van der Waals surface area contributed by atoms with E-state index in [0.29, 0.717) is 22.7 Å². The number of H-pyrrole nitrogens is 1. The van der Waals surface area contributed by atoms with Crippen LogP contribution in [0.4, 0.5) is 0 Å². The maximum absolute atomic E-state index is 13.7. The molecule has 0 bridgehead atoms. The van der Waals surface area contributed by atoms with Crippen LogP contribution < -0.4 is 0 Å². The van der Waals surface area contributed by atoms with Gasteiger partial charge in [-0.2, -0.15) is 13.5 Å². The first kappa shape index (κ1) is 25.1. The van der Waals surface area contributed by atoms with Crippen molar-refractivity contribution in [2.24, 2.45) is 0 Å². The molecule has 5 rings (SSSR count). The molecule has 0 aliphatic rings. The van der Waals surface area contributed by atoms with Gasteiger partial charge >= 0.3 is 0 Å². The van der Waals surface area contributed by atoms with E-state index in [1.807, 2.05) is 44.2 Å². The molecule has 0 amide bonds. The zero-order valence-electron chi connectivity index (χ0n) is 20.4. The number of fused-ring (bicyclic) bond motifs is 2. The highest BCUT2D eigenvalue weighted by Crippen LogP contribution is 2.33. The van der Waals surface area contributed by atoms with Gasteiger partial charge in [-0.25, -0.2) is 8.42 Å². The van der Waals surface area contributed by atoms with Crippen LogP contribution in [0.15, 0.2) is 99.7 Å². The van der Waals surface area contributed by atoms with Gasteiger partial charge in [0.15, 0.2) is 5.03 Å². The van der Waals surface area contributed by atoms with Gasteiger partial charge in [0.2, 0.25) is 9.84 Å². The van der Waals surface area contributed by atoms with Crippen LogP contribution in [0.1, 0.15) is 30.4 Å². The van der Waals surface area contributed by atoms with Crippen LogP contribution in [0.5, 0.6) is 0 Å². The van der Waals surface area contributed by atoms with Crippen molar-refractivity contribution < 1.29 is 21.0 Å². The molecule has 1 aromatic heterocycles. The summed E-state index contributed by atoms with van der Waals surface area (Å²) in [6.07, 6.45) is 0.430. The molecule has 0 spiro atoms. The van der Waals surface area contributed by atoms with Gasteiger partial charge in [-0.05, 0) is 60.5 Å². The van der Waals surface area contributed by atoms with Crippen molar-refractivity contribution in [3.63, 3.8) is 0 Å². The predicted octanol–water partition coefficient (Wildman–Crippen LogP) is 5.76. The Kier molecular flexibility index (Phi) is 6.61. The summed E-state index contributed by atoms with van der Waals surface area (Å²) in [6.45, 7) is 3.83. The highest BCUT2D eigenvalue weighted by atomic mass is 32.2. The molecule has 7 nitrogen and oxygen atoms in total. The molecular formula is C28H26N2O5S2. The summed E-state index contributed by atoms with van der Waals surface area (Å²) in [6, 6.07) is 24.5. The Hall–Kier alpha value is -3.53. The molecule has 9 heteroatoms. The highest BCUT2D eigenvalue weighted by Gasteiger charge is 2.25. The summed E-state index contributed by atoms with van der Waals surface area (Å²) in [5, 5.41) is 8.95. The van der Waals surface area contributed by atoms with E-state index in [1.165, 1.54) is 12.1 Å². The van der Waals surface area contributed by atoms with Crippen molar-refractivity contribution in [3.8, 4) is 0 Å². The average Bonchev–Trinajstić information content (AvgIpc) is 3.33. The van der Waals surface area contributed by atoms with E-state index in [2.05, 4.69) is 10.2 Å². The molecule has 0 radical (unpaired) electrons. The van der Waals surface area contributed by atoms with Crippen LogP contribution in [0, 0.1) is 6.92 Å². The molecule has 0 saturated heterocycles. The maximum Gasteiger partial charge on any atom is 0.296 e. The number of nitrogens with one attached hydrogen (secondary N) is 1. The van der Waals surface area contributed by atoms with E-state index < -0.39 is 20.0 Å². The minimum atomic E-state index is -3.88. The lowest BCUT2D eigenvalue weighted by molar-refractivity contribution is 0.303. The minimum Gasteiger partial charge on any atom is -0.266 e. The van der Waals surface area contributed by atoms with Crippen LogP contribution in [0.2, 0.25) is 0 Å². The van der Waals surface area contributed by atoms with Crippen LogP contribution in [0.25, 0.3) is 21.7 Å². The van der Waals surface area contributed by atoms with Gasteiger partial charge in [-0.15, -0.1) is 0 Å². The standard InChI is InChI=1S/C28H26N2O5S2/c1-19-10-13-23(14-11-19)37(33,34)35-17-16-20(2)22-12-15-26-25(18-22)28(30-29-26)36(31,32)27-9-5-7-21-6-3-4-8-24(21)27/h3-15,18,20H,16-17H2,1-2H3,(H,29,30). The number of sulfone groups is 1. The van der Waals surface area contributed by atoms with E-state index in [-0.39, 0.29) is 27.3 Å². The van der Waals surface area contributed by atoms with E-state index >= 15 is 0 Å². The third-order valence-corrected chi connectivity index (χ3v) is 9.63. The van der Waals surface area contributed by atoms with Gasteiger partial charge in [0.05, 0.1) is 21.9 Å². The van der Waals surface area contributed by atoms with E-state index in [9.17, 15) is 16.8 Å². The lowest BCUT2D eigenvalue weighted by Crippen LogP contribution is -2.09. The lowest BCUT2D eigenvalue weighted by Gasteiger charge is -2.13.